The third-order valence-corrected chi connectivity index (χ3v) is 3.15. The first-order valence-electron chi connectivity index (χ1n) is 5.46. The van der Waals surface area contributed by atoms with Crippen molar-refractivity contribution in [3.8, 4) is 0 Å². The molecule has 72 valence electrons. The van der Waals surface area contributed by atoms with Gasteiger partial charge in [0.1, 0.15) is 5.48 Å². The van der Waals surface area contributed by atoms with E-state index in [4.69, 9.17) is 13.0 Å². The number of benzene rings is 1. The van der Waals surface area contributed by atoms with Crippen LogP contribution in [0.15, 0.2) is 18.2 Å². The maximum Gasteiger partial charge on any atom is 0.120 e. The lowest BCUT2D eigenvalue weighted by molar-refractivity contribution is 0.912. The molecule has 1 atom stereocenters. The van der Waals surface area contributed by atoms with Gasteiger partial charge in [-0.2, -0.15) is 0 Å². The standard InChI is InChI=1S/C12H12ClN/c13-12-5-4-10-6-8-2-1-3-9(8)7-11(10)14-12/h4-7,12,14H,1-3H2/i12D. The quantitative estimate of drug-likeness (QED) is 0.508. The number of nitrogens with one attached hydrogen (secondary N) is 1. The molecule has 0 saturated carbocycles. The molecule has 14 heavy (non-hydrogen) atoms. The molecule has 0 spiro atoms. The van der Waals surface area contributed by atoms with E-state index < -0.39 is 5.48 Å². The molecule has 2 heteroatoms. The Morgan fingerprint density at radius 2 is 2.14 bits per heavy atom. The van der Waals surface area contributed by atoms with E-state index in [9.17, 15) is 0 Å². The van der Waals surface area contributed by atoms with Gasteiger partial charge in [0.2, 0.25) is 0 Å². The summed E-state index contributed by atoms with van der Waals surface area (Å²) in [5, 5.41) is 3.01. The van der Waals surface area contributed by atoms with E-state index in [1.165, 1.54) is 24.0 Å². The molecule has 0 amide bonds. The van der Waals surface area contributed by atoms with Crippen molar-refractivity contribution in [1.82, 2.24) is 0 Å². The van der Waals surface area contributed by atoms with Crippen LogP contribution in [0, 0.1) is 0 Å². The van der Waals surface area contributed by atoms with E-state index >= 15 is 0 Å². The Hall–Kier alpha value is -0.950. The van der Waals surface area contributed by atoms with Gasteiger partial charge in [-0.25, -0.2) is 0 Å². The highest BCUT2D eigenvalue weighted by atomic mass is 35.5. The number of hydrogen-bond donors (Lipinski definition) is 1. The first kappa shape index (κ1) is 7.36. The third-order valence-electron chi connectivity index (χ3n) is 2.93. The second-order valence-electron chi connectivity index (χ2n) is 3.87. The number of halogens is 1. The van der Waals surface area contributed by atoms with E-state index in [2.05, 4.69) is 17.4 Å². The van der Waals surface area contributed by atoms with Crippen LogP contribution in [0.1, 0.15) is 24.5 Å². The normalized spacial score (nSPS) is 29.1. The third kappa shape index (κ3) is 1.24. The van der Waals surface area contributed by atoms with Crippen LogP contribution in [-0.2, 0) is 12.8 Å². The Kier molecular flexibility index (Phi) is 1.59. The van der Waals surface area contributed by atoms with E-state index in [0.717, 1.165) is 17.7 Å². The second kappa shape index (κ2) is 3.03. The molecule has 0 bridgehead atoms. The van der Waals surface area contributed by atoms with Crippen LogP contribution in [0.25, 0.3) is 6.08 Å². The predicted molar refractivity (Wildman–Crippen MR) is 60.8 cm³/mol. The van der Waals surface area contributed by atoms with Crippen molar-refractivity contribution in [3.63, 3.8) is 0 Å². The smallest absolute Gasteiger partial charge is 0.120 e. The fraction of sp³-hybridized carbons (Fsp3) is 0.333. The van der Waals surface area contributed by atoms with Gasteiger partial charge in [0.05, 0.1) is 1.37 Å². The highest BCUT2D eigenvalue weighted by Gasteiger charge is 2.16. The van der Waals surface area contributed by atoms with Crippen molar-refractivity contribution < 1.29 is 1.37 Å². The van der Waals surface area contributed by atoms with Gasteiger partial charge in [-0.1, -0.05) is 17.7 Å². The summed E-state index contributed by atoms with van der Waals surface area (Å²) < 4.78 is 7.72. The average molecular weight is 207 g/mol. The minimum Gasteiger partial charge on any atom is -0.366 e. The zero-order chi connectivity index (χ0) is 10.5. The average Bonchev–Trinajstić information content (AvgIpc) is 2.60. The highest BCUT2D eigenvalue weighted by molar-refractivity contribution is 6.23. The number of aryl methyl sites for hydroxylation is 2. The molecule has 1 nitrogen and oxygen atoms in total. The number of hydrogen-bond acceptors (Lipinski definition) is 1. The first-order chi connectivity index (χ1) is 7.14. The van der Waals surface area contributed by atoms with E-state index in [0.29, 0.717) is 0 Å². The molecule has 0 saturated heterocycles. The van der Waals surface area contributed by atoms with Crippen LogP contribution in [0.4, 0.5) is 5.69 Å². The van der Waals surface area contributed by atoms with Crippen molar-refractivity contribution in [2.24, 2.45) is 0 Å². The molecule has 1 aliphatic heterocycles. The van der Waals surface area contributed by atoms with Gasteiger partial charge >= 0.3 is 0 Å². The Balaban J connectivity index is 2.11. The molecule has 1 heterocycles. The van der Waals surface area contributed by atoms with Gasteiger partial charge < -0.3 is 5.32 Å². The fourth-order valence-corrected chi connectivity index (χ4v) is 2.39. The molecule has 3 rings (SSSR count). The zero-order valence-corrected chi connectivity index (χ0v) is 8.56. The summed E-state index contributed by atoms with van der Waals surface area (Å²) in [6, 6.07) is 4.36. The van der Waals surface area contributed by atoms with Crippen LogP contribution in [0.5, 0.6) is 0 Å². The van der Waals surface area contributed by atoms with Gasteiger partial charge in [0, 0.05) is 5.69 Å². The molecule has 1 aromatic rings. The molecule has 2 aliphatic rings. The summed E-state index contributed by atoms with van der Waals surface area (Å²) in [5.74, 6) is 0. The SMILES string of the molecule is [2H]C1(Cl)C=Cc2cc3c(cc2N1)CCC3. The topological polar surface area (TPSA) is 12.0 Å². The molecule has 1 aromatic carbocycles. The van der Waals surface area contributed by atoms with Gasteiger partial charge in [0.25, 0.3) is 0 Å². The summed E-state index contributed by atoms with van der Waals surface area (Å²) in [4.78, 5) is 0. The Labute approximate surface area is 90.2 Å². The van der Waals surface area contributed by atoms with Crippen LogP contribution < -0.4 is 5.32 Å². The van der Waals surface area contributed by atoms with Crippen molar-refractivity contribution in [3.05, 3.63) is 34.9 Å². The molecule has 0 aromatic heterocycles. The lowest BCUT2D eigenvalue weighted by Crippen LogP contribution is -2.13. The van der Waals surface area contributed by atoms with E-state index in [-0.39, 0.29) is 0 Å². The van der Waals surface area contributed by atoms with Gasteiger partial charge in [-0.15, -0.1) is 0 Å². The van der Waals surface area contributed by atoms with Crippen molar-refractivity contribution in [2.45, 2.75) is 24.7 Å². The summed E-state index contributed by atoms with van der Waals surface area (Å²) >= 11 is 5.92. The van der Waals surface area contributed by atoms with Crippen molar-refractivity contribution >= 4 is 23.4 Å². The molecule has 0 radical (unpaired) electrons. The Morgan fingerprint density at radius 3 is 3.00 bits per heavy atom. The number of anilines is 1. The Morgan fingerprint density at radius 1 is 1.36 bits per heavy atom. The molecule has 0 fully saturated rings. The number of rotatable bonds is 0. The molecular weight excluding hydrogens is 194 g/mol. The van der Waals surface area contributed by atoms with Gasteiger partial charge in [0.15, 0.2) is 0 Å². The molecule has 1 N–H and O–H groups in total. The summed E-state index contributed by atoms with van der Waals surface area (Å²) in [6.45, 7) is 0. The minimum absolute atomic E-state index is 0.989. The van der Waals surface area contributed by atoms with Gasteiger partial charge in [-0.3, -0.25) is 0 Å². The maximum absolute atomic E-state index is 7.72. The molecular formula is C12H12ClN. The summed E-state index contributed by atoms with van der Waals surface area (Å²) in [6.07, 6.45) is 7.20. The molecule has 1 unspecified atom stereocenters. The van der Waals surface area contributed by atoms with Crippen LogP contribution >= 0.6 is 11.6 Å². The number of fused-ring (bicyclic) bond motifs is 2. The van der Waals surface area contributed by atoms with Crippen molar-refractivity contribution in [2.75, 3.05) is 5.32 Å². The first-order valence-corrected chi connectivity index (χ1v) is 5.34. The maximum atomic E-state index is 7.72. The van der Waals surface area contributed by atoms with E-state index in [1.807, 2.05) is 6.08 Å². The number of alkyl halides is 1. The minimum atomic E-state index is -1.18. The van der Waals surface area contributed by atoms with Gasteiger partial charge in [-0.05, 0) is 54.2 Å². The zero-order valence-electron chi connectivity index (χ0n) is 8.81. The van der Waals surface area contributed by atoms with Crippen LogP contribution in [0.3, 0.4) is 0 Å². The highest BCUT2D eigenvalue weighted by Crippen LogP contribution is 2.32. The molecule has 1 aliphatic carbocycles. The monoisotopic (exact) mass is 206 g/mol. The lowest BCUT2D eigenvalue weighted by Gasteiger charge is -2.18. The fourth-order valence-electron chi connectivity index (χ4n) is 2.22. The van der Waals surface area contributed by atoms with Crippen LogP contribution in [0.2, 0.25) is 0 Å². The van der Waals surface area contributed by atoms with Crippen molar-refractivity contribution in [1.29, 1.82) is 0 Å². The summed E-state index contributed by atoms with van der Waals surface area (Å²) in [5.41, 5.74) is 3.82. The predicted octanol–water partition coefficient (Wildman–Crippen LogP) is 3.18. The summed E-state index contributed by atoms with van der Waals surface area (Å²) in [7, 11) is 0. The lowest BCUT2D eigenvalue weighted by atomic mass is 10.0. The largest absolute Gasteiger partial charge is 0.366 e. The van der Waals surface area contributed by atoms with E-state index in [1.54, 1.807) is 6.08 Å². The van der Waals surface area contributed by atoms with Crippen LogP contribution in [-0.4, -0.2) is 5.48 Å². The second-order valence-corrected chi connectivity index (χ2v) is 4.28. The Bertz CT molecular complexity index is 451.